The molecule has 2 aromatic heterocycles. The van der Waals surface area contributed by atoms with Gasteiger partial charge >= 0.3 is 0 Å². The molecule has 0 unspecified atom stereocenters. The van der Waals surface area contributed by atoms with Crippen LogP contribution in [0.1, 0.15) is 10.5 Å². The lowest BCUT2D eigenvalue weighted by molar-refractivity contribution is 0.111. The first-order valence-electron chi connectivity index (χ1n) is 3.25. The van der Waals surface area contributed by atoms with Crippen LogP contribution in [-0.4, -0.2) is 20.7 Å². The summed E-state index contributed by atoms with van der Waals surface area (Å²) >= 11 is 5.80. The van der Waals surface area contributed by atoms with Crippen LogP contribution in [0.15, 0.2) is 18.6 Å². The fourth-order valence-electron chi connectivity index (χ4n) is 0.970. The molecule has 0 atom stereocenters. The summed E-state index contributed by atoms with van der Waals surface area (Å²) in [5, 5.41) is 0.322. The van der Waals surface area contributed by atoms with Gasteiger partial charge in [0.2, 0.25) is 0 Å². The fraction of sp³-hybridized carbons (Fsp3) is 0. The molecule has 0 aliphatic carbocycles. The van der Waals surface area contributed by atoms with Gasteiger partial charge in [-0.15, -0.1) is 0 Å². The van der Waals surface area contributed by atoms with E-state index in [0.717, 1.165) is 0 Å². The molecule has 2 rings (SSSR count). The summed E-state index contributed by atoms with van der Waals surface area (Å²) in [7, 11) is 0. The summed E-state index contributed by atoms with van der Waals surface area (Å²) in [6.07, 6.45) is 5.39. The molecule has 5 heteroatoms. The van der Waals surface area contributed by atoms with Crippen molar-refractivity contribution in [3.05, 3.63) is 29.4 Å². The highest BCUT2D eigenvalue weighted by molar-refractivity contribution is 6.32. The van der Waals surface area contributed by atoms with Crippen LogP contribution >= 0.6 is 11.6 Å². The van der Waals surface area contributed by atoms with E-state index in [4.69, 9.17) is 11.6 Å². The van der Waals surface area contributed by atoms with Crippen molar-refractivity contribution < 1.29 is 4.79 Å². The van der Waals surface area contributed by atoms with E-state index < -0.39 is 0 Å². The predicted octanol–water partition coefficient (Wildman–Crippen LogP) is 1.20. The predicted molar refractivity (Wildman–Crippen MR) is 43.4 cm³/mol. The Morgan fingerprint density at radius 2 is 2.42 bits per heavy atom. The van der Waals surface area contributed by atoms with Gasteiger partial charge in [0.15, 0.2) is 11.9 Å². The molecule has 0 amide bonds. The average Bonchev–Trinajstić information content (AvgIpc) is 2.44. The zero-order valence-electron chi connectivity index (χ0n) is 5.94. The van der Waals surface area contributed by atoms with E-state index in [1.165, 1.54) is 0 Å². The number of imidazole rings is 1. The molecule has 60 valence electrons. The molecule has 2 heterocycles. The third-order valence-corrected chi connectivity index (χ3v) is 1.88. The minimum atomic E-state index is 0.240. The van der Waals surface area contributed by atoms with Crippen molar-refractivity contribution in [3.63, 3.8) is 0 Å². The van der Waals surface area contributed by atoms with Crippen LogP contribution in [0.5, 0.6) is 0 Å². The third kappa shape index (κ3) is 0.887. The zero-order valence-corrected chi connectivity index (χ0v) is 6.69. The third-order valence-electron chi connectivity index (χ3n) is 1.51. The van der Waals surface area contributed by atoms with E-state index in [1.807, 2.05) is 0 Å². The Kier molecular flexibility index (Phi) is 1.55. The van der Waals surface area contributed by atoms with E-state index in [2.05, 4.69) is 9.97 Å². The summed E-state index contributed by atoms with van der Waals surface area (Å²) < 4.78 is 1.60. The molecule has 0 spiro atoms. The number of carbonyl (C=O) groups excluding carboxylic acids is 1. The molecule has 0 aliphatic rings. The van der Waals surface area contributed by atoms with Gasteiger partial charge in [-0.25, -0.2) is 4.98 Å². The molecular formula is C7H4ClN3O. The molecule has 12 heavy (non-hydrogen) atoms. The number of carbonyl (C=O) groups is 1. The van der Waals surface area contributed by atoms with Crippen molar-refractivity contribution in [1.82, 2.24) is 14.4 Å². The number of hydrogen-bond acceptors (Lipinski definition) is 3. The van der Waals surface area contributed by atoms with Crippen LogP contribution in [-0.2, 0) is 0 Å². The fourth-order valence-corrected chi connectivity index (χ4v) is 1.20. The summed E-state index contributed by atoms with van der Waals surface area (Å²) in [5.74, 6) is 0. The van der Waals surface area contributed by atoms with Crippen LogP contribution in [0, 0.1) is 0 Å². The minimum absolute atomic E-state index is 0.240. The Balaban J connectivity index is 2.87. The van der Waals surface area contributed by atoms with Crippen molar-refractivity contribution in [2.24, 2.45) is 0 Å². The van der Waals surface area contributed by atoms with Gasteiger partial charge in [0.25, 0.3) is 0 Å². The molecule has 0 bridgehead atoms. The number of fused-ring (bicyclic) bond motifs is 1. The lowest BCUT2D eigenvalue weighted by atomic mass is 10.5. The number of halogens is 1. The zero-order chi connectivity index (χ0) is 8.55. The first-order valence-corrected chi connectivity index (χ1v) is 3.63. The maximum Gasteiger partial charge on any atom is 0.171 e. The molecule has 0 radical (unpaired) electrons. The highest BCUT2D eigenvalue weighted by Crippen LogP contribution is 2.14. The summed E-state index contributed by atoms with van der Waals surface area (Å²) in [6.45, 7) is 0. The standard InChI is InChI=1S/C7H4ClN3O/c8-7-5(4-12)10-6-3-9-1-2-11(6)7/h1-4H. The normalized spacial score (nSPS) is 10.4. The van der Waals surface area contributed by atoms with Crippen LogP contribution < -0.4 is 0 Å². The van der Waals surface area contributed by atoms with Gasteiger partial charge in [-0.05, 0) is 0 Å². The van der Waals surface area contributed by atoms with Crippen LogP contribution in [0.4, 0.5) is 0 Å². The number of rotatable bonds is 1. The molecular weight excluding hydrogens is 178 g/mol. The Labute approximate surface area is 72.8 Å². The quantitative estimate of drug-likeness (QED) is 0.621. The topological polar surface area (TPSA) is 47.3 Å². The van der Waals surface area contributed by atoms with Crippen LogP contribution in [0.25, 0.3) is 5.65 Å². The van der Waals surface area contributed by atoms with E-state index in [1.54, 1.807) is 23.0 Å². The molecule has 0 fully saturated rings. The van der Waals surface area contributed by atoms with Crippen LogP contribution in [0.2, 0.25) is 5.15 Å². The van der Waals surface area contributed by atoms with Gasteiger partial charge in [0, 0.05) is 12.4 Å². The maximum absolute atomic E-state index is 10.4. The molecule has 4 nitrogen and oxygen atoms in total. The highest BCUT2D eigenvalue weighted by atomic mass is 35.5. The number of hydrogen-bond donors (Lipinski definition) is 0. The van der Waals surface area contributed by atoms with Gasteiger partial charge in [-0.2, -0.15) is 0 Å². The van der Waals surface area contributed by atoms with Gasteiger partial charge in [0.1, 0.15) is 10.8 Å². The van der Waals surface area contributed by atoms with Crippen molar-refractivity contribution in [2.45, 2.75) is 0 Å². The molecule has 2 aromatic rings. The molecule has 0 N–H and O–H groups in total. The Hall–Kier alpha value is -1.42. The van der Waals surface area contributed by atoms with Gasteiger partial charge in [0.05, 0.1) is 6.20 Å². The molecule has 0 aromatic carbocycles. The van der Waals surface area contributed by atoms with Gasteiger partial charge in [-0.1, -0.05) is 11.6 Å². The van der Waals surface area contributed by atoms with Crippen molar-refractivity contribution in [1.29, 1.82) is 0 Å². The summed E-state index contributed by atoms with van der Waals surface area (Å²) in [4.78, 5) is 18.2. The first kappa shape index (κ1) is 7.24. The largest absolute Gasteiger partial charge is 0.296 e. The lowest BCUT2D eigenvalue weighted by Crippen LogP contribution is -1.83. The van der Waals surface area contributed by atoms with Gasteiger partial charge in [-0.3, -0.25) is 14.2 Å². The van der Waals surface area contributed by atoms with Crippen molar-refractivity contribution >= 4 is 23.5 Å². The summed E-state index contributed by atoms with van der Waals surface area (Å²) in [5.41, 5.74) is 0.814. The number of nitrogens with zero attached hydrogens (tertiary/aromatic N) is 3. The Morgan fingerprint density at radius 3 is 3.08 bits per heavy atom. The lowest BCUT2D eigenvalue weighted by Gasteiger charge is -1.89. The second-order valence-electron chi connectivity index (χ2n) is 2.21. The second-order valence-corrected chi connectivity index (χ2v) is 2.57. The number of aromatic nitrogens is 3. The summed E-state index contributed by atoms with van der Waals surface area (Å²) in [6, 6.07) is 0. The first-order chi connectivity index (χ1) is 5.83. The van der Waals surface area contributed by atoms with Crippen molar-refractivity contribution in [3.8, 4) is 0 Å². The van der Waals surface area contributed by atoms with E-state index in [9.17, 15) is 4.79 Å². The Bertz CT molecular complexity index is 437. The SMILES string of the molecule is O=Cc1nc2cnccn2c1Cl. The monoisotopic (exact) mass is 181 g/mol. The van der Waals surface area contributed by atoms with Crippen molar-refractivity contribution in [2.75, 3.05) is 0 Å². The molecule has 0 aliphatic heterocycles. The number of aldehydes is 1. The van der Waals surface area contributed by atoms with E-state index >= 15 is 0 Å². The molecule has 0 saturated carbocycles. The van der Waals surface area contributed by atoms with Crippen LogP contribution in [0.3, 0.4) is 0 Å². The smallest absolute Gasteiger partial charge is 0.171 e. The average molecular weight is 182 g/mol. The highest BCUT2D eigenvalue weighted by Gasteiger charge is 2.07. The molecule has 0 saturated heterocycles. The van der Waals surface area contributed by atoms with Gasteiger partial charge < -0.3 is 0 Å². The second kappa shape index (κ2) is 2.57. The van der Waals surface area contributed by atoms with E-state index in [0.29, 0.717) is 17.1 Å². The van der Waals surface area contributed by atoms with E-state index in [-0.39, 0.29) is 5.69 Å². The minimum Gasteiger partial charge on any atom is -0.296 e. The Morgan fingerprint density at radius 1 is 1.58 bits per heavy atom. The maximum atomic E-state index is 10.4.